The zero-order chi connectivity index (χ0) is 12.5. The van der Waals surface area contributed by atoms with E-state index in [1.807, 2.05) is 0 Å². The predicted octanol–water partition coefficient (Wildman–Crippen LogP) is 4.43. The molecule has 4 heteroatoms. The molecule has 0 bridgehead atoms. The monoisotopic (exact) mass is 252 g/mol. The van der Waals surface area contributed by atoms with Crippen LogP contribution in [0.5, 0.6) is 0 Å². The predicted molar refractivity (Wildman–Crippen MR) is 72.2 cm³/mol. The van der Waals surface area contributed by atoms with Crippen LogP contribution in [0.15, 0.2) is 18.2 Å². The molecule has 0 amide bonds. The lowest BCUT2D eigenvalue weighted by atomic mass is 9.96. The molecule has 0 unspecified atom stereocenters. The molecule has 0 saturated carbocycles. The van der Waals surface area contributed by atoms with Gasteiger partial charge in [0.25, 0.3) is 0 Å². The van der Waals surface area contributed by atoms with Crippen LogP contribution in [0.2, 0.25) is 0 Å². The summed E-state index contributed by atoms with van der Waals surface area (Å²) in [5.41, 5.74) is 0.917. The summed E-state index contributed by atoms with van der Waals surface area (Å²) in [6.45, 7) is 6.49. The van der Waals surface area contributed by atoms with Gasteiger partial charge in [-0.2, -0.15) is 0 Å². The van der Waals surface area contributed by atoms with Crippen molar-refractivity contribution in [1.29, 1.82) is 0 Å². The van der Waals surface area contributed by atoms with Crippen molar-refractivity contribution in [3.05, 3.63) is 24.0 Å². The molecule has 0 fully saturated rings. The highest BCUT2D eigenvalue weighted by Gasteiger charge is 2.20. The normalized spacial score (nSPS) is 12.0. The Morgan fingerprint density at radius 1 is 1.35 bits per heavy atom. The number of anilines is 1. The third-order valence-electron chi connectivity index (χ3n) is 3.32. The number of nitrogens with zero attached hydrogens (tertiary/aromatic N) is 1. The van der Waals surface area contributed by atoms with E-state index < -0.39 is 0 Å². The number of thiazole rings is 1. The maximum absolute atomic E-state index is 13.1. The minimum absolute atomic E-state index is 0.0619. The van der Waals surface area contributed by atoms with Gasteiger partial charge in [-0.1, -0.05) is 25.2 Å². The topological polar surface area (TPSA) is 24.9 Å². The number of nitrogens with one attached hydrogen (secondary N) is 1. The lowest BCUT2D eigenvalue weighted by Gasteiger charge is -2.27. The first kappa shape index (κ1) is 12.3. The summed E-state index contributed by atoms with van der Waals surface area (Å²) in [4.78, 5) is 4.48. The molecule has 2 aromatic rings. The minimum Gasteiger partial charge on any atom is -0.356 e. The molecular weight excluding hydrogens is 235 g/mol. The van der Waals surface area contributed by atoms with Crippen LogP contribution in [0, 0.1) is 5.82 Å². The van der Waals surface area contributed by atoms with E-state index in [0.29, 0.717) is 0 Å². The molecule has 0 saturated heterocycles. The van der Waals surface area contributed by atoms with Crippen LogP contribution in [0.25, 0.3) is 10.2 Å². The van der Waals surface area contributed by atoms with Gasteiger partial charge in [0.2, 0.25) is 0 Å². The lowest BCUT2D eigenvalue weighted by Crippen LogP contribution is -2.32. The Balaban J connectivity index is 2.31. The van der Waals surface area contributed by atoms with Crippen molar-refractivity contribution in [3.63, 3.8) is 0 Å². The van der Waals surface area contributed by atoms with E-state index in [1.54, 1.807) is 6.07 Å². The molecule has 1 N–H and O–H groups in total. The van der Waals surface area contributed by atoms with Gasteiger partial charge in [0, 0.05) is 5.54 Å². The molecule has 17 heavy (non-hydrogen) atoms. The highest BCUT2D eigenvalue weighted by molar-refractivity contribution is 7.22. The molecule has 1 aromatic heterocycles. The number of benzene rings is 1. The second-order valence-corrected chi connectivity index (χ2v) is 5.55. The summed E-state index contributed by atoms with van der Waals surface area (Å²) < 4.78 is 14.0. The van der Waals surface area contributed by atoms with Gasteiger partial charge in [0.1, 0.15) is 5.82 Å². The Morgan fingerprint density at radius 2 is 2.06 bits per heavy atom. The van der Waals surface area contributed by atoms with Gasteiger partial charge < -0.3 is 5.32 Å². The summed E-state index contributed by atoms with van der Waals surface area (Å²) >= 11 is 1.51. The van der Waals surface area contributed by atoms with Crippen molar-refractivity contribution in [3.8, 4) is 0 Å². The molecule has 0 spiro atoms. The third-order valence-corrected chi connectivity index (χ3v) is 4.25. The largest absolute Gasteiger partial charge is 0.356 e. The highest BCUT2D eigenvalue weighted by Crippen LogP contribution is 2.30. The first-order valence-electron chi connectivity index (χ1n) is 5.90. The molecule has 0 radical (unpaired) electrons. The standard InChI is InChI=1S/C13H17FN2S/c1-4-13(3,5-2)16-12-15-10-7-6-9(14)8-11(10)17-12/h6-8H,4-5H2,1-3H3,(H,15,16). The average Bonchev–Trinajstić information content (AvgIpc) is 2.70. The number of rotatable bonds is 4. The van der Waals surface area contributed by atoms with Crippen LogP contribution in [-0.4, -0.2) is 10.5 Å². The number of aromatic nitrogens is 1. The maximum Gasteiger partial charge on any atom is 0.184 e. The van der Waals surface area contributed by atoms with Gasteiger partial charge in [0.15, 0.2) is 5.13 Å². The molecule has 2 nitrogen and oxygen atoms in total. The maximum atomic E-state index is 13.1. The van der Waals surface area contributed by atoms with Crippen LogP contribution in [0.4, 0.5) is 9.52 Å². The van der Waals surface area contributed by atoms with Crippen LogP contribution in [0.1, 0.15) is 33.6 Å². The van der Waals surface area contributed by atoms with Crippen molar-refractivity contribution in [2.45, 2.75) is 39.2 Å². The van der Waals surface area contributed by atoms with Crippen molar-refractivity contribution in [2.24, 2.45) is 0 Å². The fourth-order valence-corrected chi connectivity index (χ4v) is 2.68. The smallest absolute Gasteiger partial charge is 0.184 e. The minimum atomic E-state index is -0.207. The fourth-order valence-electron chi connectivity index (χ4n) is 1.64. The Morgan fingerprint density at radius 3 is 2.71 bits per heavy atom. The molecule has 2 rings (SSSR count). The molecule has 1 heterocycles. The molecule has 1 aromatic carbocycles. The summed E-state index contributed by atoms with van der Waals surface area (Å²) in [6, 6.07) is 4.71. The Kier molecular flexibility index (Phi) is 3.33. The van der Waals surface area contributed by atoms with Crippen molar-refractivity contribution in [1.82, 2.24) is 4.98 Å². The first-order valence-corrected chi connectivity index (χ1v) is 6.72. The van der Waals surface area contributed by atoms with E-state index in [0.717, 1.165) is 28.2 Å². The van der Waals surface area contributed by atoms with E-state index >= 15 is 0 Å². The Hall–Kier alpha value is -1.16. The number of fused-ring (bicyclic) bond motifs is 1. The first-order chi connectivity index (χ1) is 8.06. The summed E-state index contributed by atoms with van der Waals surface area (Å²) in [5, 5.41) is 4.32. The van der Waals surface area contributed by atoms with Gasteiger partial charge >= 0.3 is 0 Å². The zero-order valence-corrected chi connectivity index (χ0v) is 11.2. The van der Waals surface area contributed by atoms with Crippen LogP contribution >= 0.6 is 11.3 Å². The average molecular weight is 252 g/mol. The van der Waals surface area contributed by atoms with Crippen LogP contribution in [-0.2, 0) is 0 Å². The van der Waals surface area contributed by atoms with Gasteiger partial charge in [-0.25, -0.2) is 9.37 Å². The van der Waals surface area contributed by atoms with Gasteiger partial charge in [-0.15, -0.1) is 0 Å². The molecule has 0 aliphatic rings. The Bertz CT molecular complexity index is 517. The van der Waals surface area contributed by atoms with E-state index in [4.69, 9.17) is 0 Å². The fraction of sp³-hybridized carbons (Fsp3) is 0.462. The van der Waals surface area contributed by atoms with E-state index in [-0.39, 0.29) is 11.4 Å². The zero-order valence-electron chi connectivity index (χ0n) is 10.4. The van der Waals surface area contributed by atoms with Crippen molar-refractivity contribution >= 4 is 26.7 Å². The Labute approximate surface area is 105 Å². The van der Waals surface area contributed by atoms with Crippen LogP contribution < -0.4 is 5.32 Å². The van der Waals surface area contributed by atoms with Crippen molar-refractivity contribution in [2.75, 3.05) is 5.32 Å². The van der Waals surface area contributed by atoms with Gasteiger partial charge in [-0.05, 0) is 38.0 Å². The molecular formula is C13H17FN2S. The molecule has 0 atom stereocenters. The SMILES string of the molecule is CCC(C)(CC)Nc1nc2ccc(F)cc2s1. The van der Waals surface area contributed by atoms with Crippen molar-refractivity contribution < 1.29 is 4.39 Å². The lowest BCUT2D eigenvalue weighted by molar-refractivity contribution is 0.478. The van der Waals surface area contributed by atoms with E-state index in [9.17, 15) is 4.39 Å². The molecule has 0 aliphatic heterocycles. The summed E-state index contributed by atoms with van der Waals surface area (Å²) in [5.74, 6) is -0.207. The quantitative estimate of drug-likeness (QED) is 0.871. The van der Waals surface area contributed by atoms with E-state index in [1.165, 1.54) is 23.5 Å². The van der Waals surface area contributed by atoms with Crippen LogP contribution in [0.3, 0.4) is 0 Å². The molecule has 0 aliphatic carbocycles. The van der Waals surface area contributed by atoms with E-state index in [2.05, 4.69) is 31.1 Å². The second-order valence-electron chi connectivity index (χ2n) is 4.52. The second kappa shape index (κ2) is 4.61. The summed E-state index contributed by atoms with van der Waals surface area (Å²) in [6.07, 6.45) is 2.07. The molecule has 92 valence electrons. The number of hydrogen-bond donors (Lipinski definition) is 1. The van der Waals surface area contributed by atoms with Gasteiger partial charge in [-0.3, -0.25) is 0 Å². The number of hydrogen-bond acceptors (Lipinski definition) is 3. The highest BCUT2D eigenvalue weighted by atomic mass is 32.1. The summed E-state index contributed by atoms with van der Waals surface area (Å²) in [7, 11) is 0. The van der Waals surface area contributed by atoms with Gasteiger partial charge in [0.05, 0.1) is 10.2 Å². The third kappa shape index (κ3) is 2.57. The number of halogens is 1.